The lowest BCUT2D eigenvalue weighted by atomic mass is 10.0. The molecule has 0 aromatic heterocycles. The molecule has 0 atom stereocenters. The monoisotopic (exact) mass is 437 g/mol. The number of nitrogens with one attached hydrogen (secondary N) is 2. The molecular weight excluding hydrogens is 405 g/mol. The van der Waals surface area contributed by atoms with Crippen LogP contribution in [0.1, 0.15) is 26.7 Å². The number of halogens is 1. The van der Waals surface area contributed by atoms with Crippen molar-refractivity contribution in [3.05, 3.63) is 12.7 Å². The van der Waals surface area contributed by atoms with Gasteiger partial charge < -0.3 is 20.4 Å². The van der Waals surface area contributed by atoms with Gasteiger partial charge in [-0.25, -0.2) is 4.99 Å². The van der Waals surface area contributed by atoms with E-state index in [1.165, 1.54) is 0 Å². The number of amides is 1. The summed E-state index contributed by atoms with van der Waals surface area (Å²) in [7, 11) is 3.48. The number of aliphatic imine (C=N–C) groups is 1. The minimum Gasteiger partial charge on any atom is -0.354 e. The van der Waals surface area contributed by atoms with Gasteiger partial charge >= 0.3 is 0 Å². The van der Waals surface area contributed by atoms with Gasteiger partial charge in [0.05, 0.1) is 0 Å². The van der Waals surface area contributed by atoms with Crippen LogP contribution >= 0.6 is 24.0 Å². The smallest absolute Gasteiger partial charge is 0.243 e. The zero-order valence-corrected chi connectivity index (χ0v) is 17.2. The fourth-order valence-corrected chi connectivity index (χ4v) is 2.36. The summed E-state index contributed by atoms with van der Waals surface area (Å²) < 4.78 is 0. The largest absolute Gasteiger partial charge is 0.354 e. The summed E-state index contributed by atoms with van der Waals surface area (Å²) in [6, 6.07) is 1.01. The van der Waals surface area contributed by atoms with Gasteiger partial charge in [0.25, 0.3) is 0 Å². The molecule has 2 N–H and O–H groups in total. The number of likely N-dealkylation sites (N-methyl/N-ethyl adjacent to an activating group) is 1. The number of piperidine rings is 1. The third-order valence-corrected chi connectivity index (χ3v) is 3.89. The third kappa shape index (κ3) is 8.55. The number of likely N-dealkylation sites (tertiary alicyclic amines) is 1. The lowest BCUT2D eigenvalue weighted by molar-refractivity contribution is -0.127. The van der Waals surface area contributed by atoms with Gasteiger partial charge in [0.2, 0.25) is 5.91 Å². The van der Waals surface area contributed by atoms with Gasteiger partial charge in [0.1, 0.15) is 6.54 Å². The van der Waals surface area contributed by atoms with E-state index in [1.807, 2.05) is 0 Å². The zero-order valence-electron chi connectivity index (χ0n) is 14.8. The number of hydrogen-bond acceptors (Lipinski definition) is 3. The lowest BCUT2D eigenvalue weighted by Crippen LogP contribution is -2.50. The van der Waals surface area contributed by atoms with E-state index in [0.717, 1.165) is 25.9 Å². The first-order chi connectivity index (χ1) is 10.4. The summed E-state index contributed by atoms with van der Waals surface area (Å²) in [6.07, 6.45) is 3.97. The molecule has 0 bridgehead atoms. The molecule has 7 heteroatoms. The Morgan fingerprint density at radius 1 is 1.39 bits per heavy atom. The van der Waals surface area contributed by atoms with Crippen LogP contribution in [-0.2, 0) is 4.79 Å². The summed E-state index contributed by atoms with van der Waals surface area (Å²) in [6.45, 7) is 11.2. The summed E-state index contributed by atoms with van der Waals surface area (Å²) in [5.41, 5.74) is 0. The van der Waals surface area contributed by atoms with E-state index in [2.05, 4.69) is 41.0 Å². The van der Waals surface area contributed by atoms with Gasteiger partial charge in [-0.15, -0.1) is 30.6 Å². The van der Waals surface area contributed by atoms with Crippen molar-refractivity contribution in [1.82, 2.24) is 20.4 Å². The molecule has 0 aliphatic carbocycles. The molecule has 1 fully saturated rings. The normalized spacial score (nSPS) is 16.7. The first kappa shape index (κ1) is 22.2. The molecule has 0 unspecified atom stereocenters. The second-order valence-electron chi connectivity index (χ2n) is 6.17. The van der Waals surface area contributed by atoms with Crippen molar-refractivity contribution in [2.45, 2.75) is 38.8 Å². The Hall–Kier alpha value is -0.830. The van der Waals surface area contributed by atoms with E-state index in [-0.39, 0.29) is 36.4 Å². The fourth-order valence-electron chi connectivity index (χ4n) is 2.36. The molecule has 1 heterocycles. The highest BCUT2D eigenvalue weighted by Gasteiger charge is 2.21. The second kappa shape index (κ2) is 11.7. The first-order valence-electron chi connectivity index (χ1n) is 8.04. The van der Waals surface area contributed by atoms with E-state index in [4.69, 9.17) is 0 Å². The van der Waals surface area contributed by atoms with Gasteiger partial charge in [-0.1, -0.05) is 6.08 Å². The zero-order chi connectivity index (χ0) is 16.5. The number of rotatable bonds is 6. The summed E-state index contributed by atoms with van der Waals surface area (Å²) in [5.74, 6) is 0.687. The second-order valence-corrected chi connectivity index (χ2v) is 6.17. The van der Waals surface area contributed by atoms with Crippen LogP contribution in [0.2, 0.25) is 0 Å². The van der Waals surface area contributed by atoms with Crippen molar-refractivity contribution in [1.29, 1.82) is 0 Å². The maximum atomic E-state index is 11.7. The number of carbonyl (C=O) groups is 1. The van der Waals surface area contributed by atoms with Crippen LogP contribution in [-0.4, -0.2) is 74.0 Å². The highest BCUT2D eigenvalue weighted by molar-refractivity contribution is 14.0. The molecule has 1 amide bonds. The Morgan fingerprint density at radius 2 is 2.00 bits per heavy atom. The van der Waals surface area contributed by atoms with Crippen LogP contribution in [0.4, 0.5) is 0 Å². The first-order valence-corrected chi connectivity index (χ1v) is 8.04. The predicted molar refractivity (Wildman–Crippen MR) is 107 cm³/mol. The summed E-state index contributed by atoms with van der Waals surface area (Å²) in [5, 5.41) is 6.62. The lowest BCUT2D eigenvalue weighted by Gasteiger charge is -2.35. The molecular formula is C16H32IN5O. The maximum absolute atomic E-state index is 11.7. The number of carbonyl (C=O) groups excluding carboxylic acids is 1. The van der Waals surface area contributed by atoms with Crippen LogP contribution in [0.3, 0.4) is 0 Å². The molecule has 0 aromatic carbocycles. The number of nitrogens with zero attached hydrogens (tertiary/aromatic N) is 3. The molecule has 0 saturated carbocycles. The molecule has 1 aliphatic rings. The SMILES string of the molecule is C=CCNC(=NCC(=O)N(C)C)NC1CCN(C(C)C)CC1.I. The van der Waals surface area contributed by atoms with Gasteiger partial charge in [0.15, 0.2) is 5.96 Å². The Morgan fingerprint density at radius 3 is 2.48 bits per heavy atom. The van der Waals surface area contributed by atoms with E-state index in [0.29, 0.717) is 24.6 Å². The molecule has 0 radical (unpaired) electrons. The highest BCUT2D eigenvalue weighted by Crippen LogP contribution is 2.12. The maximum Gasteiger partial charge on any atom is 0.243 e. The van der Waals surface area contributed by atoms with Crippen molar-refractivity contribution in [3.63, 3.8) is 0 Å². The average molecular weight is 437 g/mol. The topological polar surface area (TPSA) is 60.0 Å². The van der Waals surface area contributed by atoms with Crippen LogP contribution < -0.4 is 10.6 Å². The average Bonchev–Trinajstić information content (AvgIpc) is 2.49. The summed E-state index contributed by atoms with van der Waals surface area (Å²) in [4.78, 5) is 20.1. The fraction of sp³-hybridized carbons (Fsp3) is 0.750. The van der Waals surface area contributed by atoms with E-state index < -0.39 is 0 Å². The minimum absolute atomic E-state index is 0. The summed E-state index contributed by atoms with van der Waals surface area (Å²) >= 11 is 0. The van der Waals surface area contributed by atoms with E-state index in [9.17, 15) is 4.79 Å². The van der Waals surface area contributed by atoms with Crippen LogP contribution in [0, 0.1) is 0 Å². The van der Waals surface area contributed by atoms with Gasteiger partial charge in [-0.2, -0.15) is 0 Å². The standard InChI is InChI=1S/C16H31N5O.HI/c1-6-9-17-16(18-12-15(22)20(4)5)19-14-7-10-21(11-8-14)13(2)3;/h6,13-14H,1,7-12H2,2-5H3,(H2,17,18,19);1H. The Bertz CT molecular complexity index is 390. The predicted octanol–water partition coefficient (Wildman–Crippen LogP) is 1.29. The van der Waals surface area contributed by atoms with E-state index >= 15 is 0 Å². The molecule has 134 valence electrons. The van der Waals surface area contributed by atoms with Gasteiger partial charge in [-0.3, -0.25) is 4.79 Å². The molecule has 23 heavy (non-hydrogen) atoms. The third-order valence-electron chi connectivity index (χ3n) is 3.89. The molecule has 1 rings (SSSR count). The number of hydrogen-bond donors (Lipinski definition) is 2. The van der Waals surface area contributed by atoms with Crippen LogP contribution in [0.15, 0.2) is 17.6 Å². The molecule has 6 nitrogen and oxygen atoms in total. The Balaban J connectivity index is 0.00000484. The van der Waals surface area contributed by atoms with Gasteiger partial charge in [-0.05, 0) is 26.7 Å². The molecule has 1 aliphatic heterocycles. The van der Waals surface area contributed by atoms with Crippen LogP contribution in [0.25, 0.3) is 0 Å². The van der Waals surface area contributed by atoms with Crippen molar-refractivity contribution in [2.24, 2.45) is 4.99 Å². The van der Waals surface area contributed by atoms with Crippen molar-refractivity contribution < 1.29 is 4.79 Å². The minimum atomic E-state index is -0.00525. The van der Waals surface area contributed by atoms with E-state index in [1.54, 1.807) is 25.1 Å². The van der Waals surface area contributed by atoms with Crippen LogP contribution in [0.5, 0.6) is 0 Å². The Labute approximate surface area is 157 Å². The quantitative estimate of drug-likeness (QED) is 0.285. The van der Waals surface area contributed by atoms with Gasteiger partial charge in [0, 0.05) is 45.8 Å². The highest BCUT2D eigenvalue weighted by atomic mass is 127. The molecule has 1 saturated heterocycles. The van der Waals surface area contributed by atoms with Crippen molar-refractivity contribution in [3.8, 4) is 0 Å². The molecule has 0 spiro atoms. The van der Waals surface area contributed by atoms with Crippen molar-refractivity contribution >= 4 is 35.8 Å². The number of guanidine groups is 1. The Kier molecular flexibility index (Phi) is 11.2. The molecule has 0 aromatic rings. The van der Waals surface area contributed by atoms with Crippen molar-refractivity contribution in [2.75, 3.05) is 40.3 Å².